The molecule has 102 valence electrons. The molecule has 3 nitrogen and oxygen atoms in total. The minimum absolute atomic E-state index is 0.0207. The molecule has 1 saturated carbocycles. The van der Waals surface area contributed by atoms with E-state index in [0.29, 0.717) is 19.3 Å². The molecule has 0 aromatic carbocycles. The van der Waals surface area contributed by atoms with Crippen molar-refractivity contribution in [3.8, 4) is 0 Å². The van der Waals surface area contributed by atoms with Crippen LogP contribution < -0.4 is 5.73 Å². The van der Waals surface area contributed by atoms with Crippen molar-refractivity contribution in [2.75, 3.05) is 0 Å². The first-order chi connectivity index (χ1) is 8.56. The Labute approximate surface area is 109 Å². The number of hydrogen-bond donors (Lipinski definition) is 1. The SMILES string of the molecule is CCc1cc(CC2(F)CCCC(N)C2)n(CC)n1. The fourth-order valence-electron chi connectivity index (χ4n) is 2.94. The lowest BCUT2D eigenvalue weighted by Gasteiger charge is -2.33. The molecule has 0 aliphatic heterocycles. The predicted molar refractivity (Wildman–Crippen MR) is 71.3 cm³/mol. The van der Waals surface area contributed by atoms with E-state index in [1.165, 1.54) is 0 Å². The number of aryl methyl sites for hydroxylation is 2. The molecule has 0 bridgehead atoms. The number of aromatic nitrogens is 2. The van der Waals surface area contributed by atoms with Crippen LogP contribution in [0.4, 0.5) is 4.39 Å². The molecule has 18 heavy (non-hydrogen) atoms. The highest BCUT2D eigenvalue weighted by Gasteiger charge is 2.36. The van der Waals surface area contributed by atoms with Crippen LogP contribution in [0, 0.1) is 0 Å². The zero-order valence-electron chi connectivity index (χ0n) is 11.5. The molecule has 1 aromatic rings. The number of hydrogen-bond acceptors (Lipinski definition) is 2. The lowest BCUT2D eigenvalue weighted by atomic mass is 9.80. The average Bonchev–Trinajstić information content (AvgIpc) is 2.70. The third-order valence-corrected chi connectivity index (χ3v) is 3.90. The maximum atomic E-state index is 14.8. The molecule has 1 aliphatic carbocycles. The molecular formula is C14H24FN3. The van der Waals surface area contributed by atoms with Gasteiger partial charge in [-0.05, 0) is 45.1 Å². The molecule has 1 heterocycles. The van der Waals surface area contributed by atoms with Gasteiger partial charge in [-0.2, -0.15) is 5.10 Å². The Kier molecular flexibility index (Phi) is 4.05. The zero-order chi connectivity index (χ0) is 13.2. The topological polar surface area (TPSA) is 43.8 Å². The van der Waals surface area contributed by atoms with Crippen LogP contribution in [-0.2, 0) is 19.4 Å². The quantitative estimate of drug-likeness (QED) is 0.896. The molecule has 4 heteroatoms. The normalized spacial score (nSPS) is 28.6. The Morgan fingerprint density at radius 1 is 1.56 bits per heavy atom. The summed E-state index contributed by atoms with van der Waals surface area (Å²) in [6.45, 7) is 4.93. The van der Waals surface area contributed by atoms with Crippen LogP contribution >= 0.6 is 0 Å². The van der Waals surface area contributed by atoms with Crippen molar-refractivity contribution in [1.29, 1.82) is 0 Å². The van der Waals surface area contributed by atoms with E-state index in [-0.39, 0.29) is 6.04 Å². The molecule has 1 aliphatic rings. The standard InChI is InChI=1S/C14H24FN3/c1-3-12-8-13(18(4-2)17-12)10-14(15)7-5-6-11(16)9-14/h8,11H,3-7,9-10,16H2,1-2H3. The van der Waals surface area contributed by atoms with Crippen LogP contribution in [-0.4, -0.2) is 21.5 Å². The fraction of sp³-hybridized carbons (Fsp3) is 0.786. The Hall–Kier alpha value is -0.900. The third kappa shape index (κ3) is 2.91. The van der Waals surface area contributed by atoms with Gasteiger partial charge < -0.3 is 5.73 Å². The van der Waals surface area contributed by atoms with Crippen molar-refractivity contribution in [1.82, 2.24) is 9.78 Å². The molecule has 2 N–H and O–H groups in total. The highest BCUT2D eigenvalue weighted by molar-refractivity contribution is 5.14. The molecule has 1 aromatic heterocycles. The largest absolute Gasteiger partial charge is 0.328 e. The summed E-state index contributed by atoms with van der Waals surface area (Å²) in [5.41, 5.74) is 6.85. The van der Waals surface area contributed by atoms with Crippen LogP contribution in [0.2, 0.25) is 0 Å². The summed E-state index contributed by atoms with van der Waals surface area (Å²) in [6, 6.07) is 2.07. The van der Waals surface area contributed by atoms with Crippen LogP contribution in [0.5, 0.6) is 0 Å². The number of rotatable bonds is 4. The highest BCUT2D eigenvalue weighted by atomic mass is 19.1. The van der Waals surface area contributed by atoms with Gasteiger partial charge in [0.05, 0.1) is 5.69 Å². The van der Waals surface area contributed by atoms with Crippen molar-refractivity contribution in [2.24, 2.45) is 5.73 Å². The predicted octanol–water partition coefficient (Wildman–Crippen LogP) is 2.62. The Balaban J connectivity index is 2.14. The molecule has 0 amide bonds. The second-order valence-electron chi connectivity index (χ2n) is 5.48. The lowest BCUT2D eigenvalue weighted by molar-refractivity contribution is 0.0940. The molecular weight excluding hydrogens is 229 g/mol. The lowest BCUT2D eigenvalue weighted by Crippen LogP contribution is -2.39. The van der Waals surface area contributed by atoms with E-state index in [0.717, 1.165) is 37.2 Å². The average molecular weight is 253 g/mol. The van der Waals surface area contributed by atoms with Gasteiger partial charge in [0.2, 0.25) is 0 Å². The summed E-state index contributed by atoms with van der Waals surface area (Å²) in [6.07, 6.45) is 4.35. The van der Waals surface area contributed by atoms with Crippen molar-refractivity contribution < 1.29 is 4.39 Å². The van der Waals surface area contributed by atoms with Gasteiger partial charge in [-0.25, -0.2) is 4.39 Å². The van der Waals surface area contributed by atoms with Crippen LogP contribution in [0.3, 0.4) is 0 Å². The van der Waals surface area contributed by atoms with Gasteiger partial charge >= 0.3 is 0 Å². The van der Waals surface area contributed by atoms with Crippen LogP contribution in [0.15, 0.2) is 6.07 Å². The minimum atomic E-state index is -1.13. The van der Waals surface area contributed by atoms with Crippen molar-refractivity contribution >= 4 is 0 Å². The monoisotopic (exact) mass is 253 g/mol. The van der Waals surface area contributed by atoms with Gasteiger partial charge in [0.1, 0.15) is 5.67 Å². The van der Waals surface area contributed by atoms with E-state index in [1.807, 2.05) is 17.7 Å². The minimum Gasteiger partial charge on any atom is -0.328 e. The first-order valence-electron chi connectivity index (χ1n) is 7.06. The molecule has 1 fully saturated rings. The Morgan fingerprint density at radius 2 is 2.33 bits per heavy atom. The Bertz CT molecular complexity index is 402. The summed E-state index contributed by atoms with van der Waals surface area (Å²) < 4.78 is 16.7. The van der Waals surface area contributed by atoms with Gasteiger partial charge in [-0.1, -0.05) is 6.92 Å². The molecule has 0 spiro atoms. The molecule has 2 atom stereocenters. The Morgan fingerprint density at radius 3 is 2.94 bits per heavy atom. The summed E-state index contributed by atoms with van der Waals surface area (Å²) in [5.74, 6) is 0. The van der Waals surface area contributed by atoms with Crippen molar-refractivity contribution in [3.63, 3.8) is 0 Å². The van der Waals surface area contributed by atoms with E-state index in [1.54, 1.807) is 0 Å². The van der Waals surface area contributed by atoms with E-state index < -0.39 is 5.67 Å². The fourth-order valence-corrected chi connectivity index (χ4v) is 2.94. The second kappa shape index (κ2) is 5.39. The highest BCUT2D eigenvalue weighted by Crippen LogP contribution is 2.34. The van der Waals surface area contributed by atoms with E-state index in [9.17, 15) is 4.39 Å². The van der Waals surface area contributed by atoms with Gasteiger partial charge in [-0.15, -0.1) is 0 Å². The number of alkyl halides is 1. The van der Waals surface area contributed by atoms with Crippen LogP contribution in [0.25, 0.3) is 0 Å². The summed E-state index contributed by atoms with van der Waals surface area (Å²) >= 11 is 0. The van der Waals surface area contributed by atoms with E-state index >= 15 is 0 Å². The van der Waals surface area contributed by atoms with E-state index in [4.69, 9.17) is 5.73 Å². The molecule has 2 unspecified atom stereocenters. The number of halogens is 1. The first kappa shape index (κ1) is 13.5. The molecule has 0 saturated heterocycles. The summed E-state index contributed by atoms with van der Waals surface area (Å²) in [7, 11) is 0. The number of nitrogens with zero attached hydrogens (tertiary/aromatic N) is 2. The van der Waals surface area contributed by atoms with Gasteiger partial charge in [0, 0.05) is 24.7 Å². The number of nitrogens with two attached hydrogens (primary N) is 1. The molecule has 0 radical (unpaired) electrons. The maximum Gasteiger partial charge on any atom is 0.118 e. The summed E-state index contributed by atoms with van der Waals surface area (Å²) in [5, 5.41) is 4.48. The van der Waals surface area contributed by atoms with E-state index in [2.05, 4.69) is 12.0 Å². The zero-order valence-corrected chi connectivity index (χ0v) is 11.5. The maximum absolute atomic E-state index is 14.8. The van der Waals surface area contributed by atoms with Crippen molar-refractivity contribution in [2.45, 2.75) is 70.6 Å². The second-order valence-corrected chi connectivity index (χ2v) is 5.48. The summed E-state index contributed by atoms with van der Waals surface area (Å²) in [4.78, 5) is 0. The van der Waals surface area contributed by atoms with Crippen molar-refractivity contribution in [3.05, 3.63) is 17.5 Å². The van der Waals surface area contributed by atoms with Gasteiger partial charge in [-0.3, -0.25) is 4.68 Å². The van der Waals surface area contributed by atoms with Gasteiger partial charge in [0.15, 0.2) is 0 Å². The first-order valence-corrected chi connectivity index (χ1v) is 7.06. The smallest absolute Gasteiger partial charge is 0.118 e. The van der Waals surface area contributed by atoms with Crippen LogP contribution in [0.1, 0.15) is 50.9 Å². The molecule has 2 rings (SSSR count). The third-order valence-electron chi connectivity index (χ3n) is 3.90. The van der Waals surface area contributed by atoms with Gasteiger partial charge in [0.25, 0.3) is 0 Å².